The molecule has 2 amide bonds. The van der Waals surface area contributed by atoms with Gasteiger partial charge >= 0.3 is 5.91 Å². The monoisotopic (exact) mass is 579 g/mol. The SMILES string of the molecule is CN=c1sc([N+]2(C(=O)CCS(=O)(=O)c3ccc4cc(Cl)ccc4c3)CCCCC2)c(C(=O)NCCO)n1C. The summed E-state index contributed by atoms with van der Waals surface area (Å²) in [4.78, 5) is 32.1. The zero-order valence-corrected chi connectivity index (χ0v) is 23.8. The van der Waals surface area contributed by atoms with Gasteiger partial charge in [-0.1, -0.05) is 23.7 Å². The number of amides is 2. The number of sulfone groups is 1. The number of piperidine rings is 1. The lowest BCUT2D eigenvalue weighted by Gasteiger charge is -2.37. The molecule has 2 aromatic carbocycles. The van der Waals surface area contributed by atoms with Crippen molar-refractivity contribution < 1.29 is 23.1 Å². The molecule has 4 rings (SSSR count). The highest BCUT2D eigenvalue weighted by atomic mass is 35.5. The third-order valence-electron chi connectivity index (χ3n) is 6.98. The van der Waals surface area contributed by atoms with E-state index in [-0.39, 0.29) is 40.6 Å². The maximum absolute atomic E-state index is 13.9. The minimum atomic E-state index is -3.74. The fraction of sp³-hybridized carbons (Fsp3) is 0.423. The van der Waals surface area contributed by atoms with Crippen LogP contribution in [0.1, 0.15) is 36.2 Å². The molecule has 0 aliphatic carbocycles. The number of hydrogen-bond donors (Lipinski definition) is 2. The molecular formula is C26H32ClN4O5S2+. The number of nitrogens with zero attached hydrogens (tertiary/aromatic N) is 3. The van der Waals surface area contributed by atoms with Crippen LogP contribution in [-0.4, -0.2) is 68.9 Å². The number of rotatable bonds is 8. The Morgan fingerprint density at radius 2 is 1.82 bits per heavy atom. The minimum Gasteiger partial charge on any atom is -0.395 e. The first-order chi connectivity index (χ1) is 18.1. The molecule has 1 aromatic heterocycles. The van der Waals surface area contributed by atoms with E-state index in [4.69, 9.17) is 11.6 Å². The van der Waals surface area contributed by atoms with Gasteiger partial charge in [0.25, 0.3) is 5.91 Å². The average molecular weight is 580 g/mol. The minimum absolute atomic E-state index is 0.0802. The number of benzene rings is 2. The van der Waals surface area contributed by atoms with Gasteiger partial charge in [-0.3, -0.25) is 9.79 Å². The van der Waals surface area contributed by atoms with Crippen LogP contribution in [0.4, 0.5) is 5.00 Å². The lowest BCUT2D eigenvalue weighted by Crippen LogP contribution is -2.58. The van der Waals surface area contributed by atoms with Crippen molar-refractivity contribution in [1.82, 2.24) is 14.4 Å². The number of hydrogen-bond acceptors (Lipinski definition) is 7. The summed E-state index contributed by atoms with van der Waals surface area (Å²) in [5.41, 5.74) is 0.315. The van der Waals surface area contributed by atoms with Gasteiger partial charge in [0.05, 0.1) is 36.8 Å². The smallest absolute Gasteiger partial charge is 0.320 e. The molecule has 2 heterocycles. The zero-order valence-electron chi connectivity index (χ0n) is 21.4. The molecule has 2 N–H and O–H groups in total. The summed E-state index contributed by atoms with van der Waals surface area (Å²) in [6.07, 6.45) is 2.34. The van der Waals surface area contributed by atoms with E-state index in [1.165, 1.54) is 11.3 Å². The number of halogens is 1. The number of fused-ring (bicyclic) bond motifs is 1. The summed E-state index contributed by atoms with van der Waals surface area (Å²) in [6, 6.07) is 10.1. The number of quaternary nitrogens is 1. The highest BCUT2D eigenvalue weighted by Gasteiger charge is 2.45. The van der Waals surface area contributed by atoms with Crippen LogP contribution in [0.25, 0.3) is 10.8 Å². The van der Waals surface area contributed by atoms with Crippen LogP contribution in [0.2, 0.25) is 5.02 Å². The first-order valence-electron chi connectivity index (χ1n) is 12.5. The van der Waals surface area contributed by atoms with Crippen molar-refractivity contribution >= 4 is 60.4 Å². The Morgan fingerprint density at radius 3 is 2.50 bits per heavy atom. The fourth-order valence-electron chi connectivity index (χ4n) is 4.99. The van der Waals surface area contributed by atoms with E-state index in [9.17, 15) is 23.1 Å². The number of thiazole rings is 1. The number of aliphatic hydroxyl groups is 1. The van der Waals surface area contributed by atoms with Crippen molar-refractivity contribution in [3.63, 3.8) is 0 Å². The van der Waals surface area contributed by atoms with E-state index in [0.29, 0.717) is 33.6 Å². The third-order valence-corrected chi connectivity index (χ3v) is 10.3. The normalized spacial score (nSPS) is 16.1. The number of likely N-dealkylation sites (tertiary alicyclic amines) is 1. The number of aliphatic hydroxyl groups excluding tert-OH is 1. The predicted octanol–water partition coefficient (Wildman–Crippen LogP) is 3.03. The summed E-state index contributed by atoms with van der Waals surface area (Å²) in [5, 5.41) is 14.6. The summed E-state index contributed by atoms with van der Waals surface area (Å²) in [7, 11) is -0.399. The van der Waals surface area contributed by atoms with Crippen LogP contribution in [0, 0.1) is 0 Å². The largest absolute Gasteiger partial charge is 0.395 e. The molecule has 1 aliphatic rings. The Balaban J connectivity index is 1.67. The summed E-state index contributed by atoms with van der Waals surface area (Å²) >= 11 is 7.32. The second kappa shape index (κ2) is 11.7. The summed E-state index contributed by atoms with van der Waals surface area (Å²) < 4.78 is 28.1. The molecule has 9 nitrogen and oxygen atoms in total. The van der Waals surface area contributed by atoms with E-state index in [1.807, 2.05) is 0 Å². The van der Waals surface area contributed by atoms with Crippen LogP contribution in [0.5, 0.6) is 0 Å². The third kappa shape index (κ3) is 5.57. The number of carbonyl (C=O) groups is 2. The second-order valence-corrected chi connectivity index (χ2v) is 12.9. The van der Waals surface area contributed by atoms with E-state index in [1.54, 1.807) is 55.1 Å². The van der Waals surface area contributed by atoms with Gasteiger partial charge in [0.15, 0.2) is 20.3 Å². The Hall–Kier alpha value is -2.57. The zero-order chi connectivity index (χ0) is 27.5. The van der Waals surface area contributed by atoms with E-state index in [0.717, 1.165) is 30.0 Å². The van der Waals surface area contributed by atoms with Gasteiger partial charge in [-0.05, 0) is 65.6 Å². The molecule has 0 radical (unpaired) electrons. The molecule has 204 valence electrons. The van der Waals surface area contributed by atoms with Crippen LogP contribution in [0.3, 0.4) is 0 Å². The first-order valence-corrected chi connectivity index (χ1v) is 15.3. The van der Waals surface area contributed by atoms with Gasteiger partial charge in [0, 0.05) is 25.7 Å². The summed E-state index contributed by atoms with van der Waals surface area (Å²) in [6.45, 7) is 0.842. The quantitative estimate of drug-likeness (QED) is 0.398. The van der Waals surface area contributed by atoms with Crippen molar-refractivity contribution in [3.8, 4) is 0 Å². The topological polar surface area (TPSA) is 118 Å². The van der Waals surface area contributed by atoms with Crippen molar-refractivity contribution in [2.45, 2.75) is 30.6 Å². The maximum atomic E-state index is 13.9. The van der Waals surface area contributed by atoms with Crippen molar-refractivity contribution in [3.05, 3.63) is 51.9 Å². The molecular weight excluding hydrogens is 548 g/mol. The molecule has 0 spiro atoms. The number of carbonyl (C=O) groups excluding carboxylic acids is 2. The number of nitrogens with one attached hydrogen (secondary N) is 1. The van der Waals surface area contributed by atoms with Crippen LogP contribution < -0.4 is 14.6 Å². The van der Waals surface area contributed by atoms with Crippen molar-refractivity contribution in [1.29, 1.82) is 0 Å². The maximum Gasteiger partial charge on any atom is 0.320 e. The Kier molecular flexibility index (Phi) is 8.73. The Morgan fingerprint density at radius 1 is 1.13 bits per heavy atom. The first kappa shape index (κ1) is 28.4. The van der Waals surface area contributed by atoms with Gasteiger partial charge < -0.3 is 15.0 Å². The highest BCUT2D eigenvalue weighted by Crippen LogP contribution is 2.36. The van der Waals surface area contributed by atoms with Crippen molar-refractivity contribution in [2.75, 3.05) is 39.0 Å². The van der Waals surface area contributed by atoms with Gasteiger partial charge in [0.1, 0.15) is 0 Å². The van der Waals surface area contributed by atoms with E-state index in [2.05, 4.69) is 10.3 Å². The molecule has 12 heteroatoms. The molecule has 0 atom stereocenters. The summed E-state index contributed by atoms with van der Waals surface area (Å²) in [5.74, 6) is -0.969. The molecule has 1 fully saturated rings. The van der Waals surface area contributed by atoms with E-state index >= 15 is 0 Å². The molecule has 0 bridgehead atoms. The van der Waals surface area contributed by atoms with Gasteiger partial charge in [-0.25, -0.2) is 17.7 Å². The highest BCUT2D eigenvalue weighted by molar-refractivity contribution is 7.91. The van der Waals surface area contributed by atoms with Crippen LogP contribution >= 0.6 is 22.9 Å². The Labute approximate surface area is 230 Å². The second-order valence-electron chi connectivity index (χ2n) is 9.39. The molecule has 1 saturated heterocycles. The molecule has 3 aromatic rings. The Bertz CT molecular complexity index is 1540. The van der Waals surface area contributed by atoms with Crippen LogP contribution in [-0.2, 0) is 21.7 Å². The van der Waals surface area contributed by atoms with Gasteiger partial charge in [-0.15, -0.1) is 0 Å². The average Bonchev–Trinajstić information content (AvgIpc) is 3.27. The van der Waals surface area contributed by atoms with Gasteiger partial charge in [0.2, 0.25) is 5.00 Å². The lowest BCUT2D eigenvalue weighted by molar-refractivity contribution is -0.130. The molecule has 1 aliphatic heterocycles. The van der Waals surface area contributed by atoms with Gasteiger partial charge in [-0.2, -0.15) is 0 Å². The fourth-order valence-corrected chi connectivity index (χ4v) is 7.71. The molecule has 0 saturated carbocycles. The number of aromatic nitrogens is 1. The van der Waals surface area contributed by atoms with Crippen LogP contribution in [0.15, 0.2) is 46.3 Å². The molecule has 38 heavy (non-hydrogen) atoms. The lowest BCUT2D eigenvalue weighted by atomic mass is 10.1. The van der Waals surface area contributed by atoms with Crippen molar-refractivity contribution in [2.24, 2.45) is 12.0 Å². The molecule has 0 unspecified atom stereocenters. The van der Waals surface area contributed by atoms with E-state index < -0.39 is 15.7 Å². The predicted molar refractivity (Wildman–Crippen MR) is 150 cm³/mol. The standard InChI is InChI=1S/C26H31ClN4O5S2/c1-28-26-30(2)23(24(34)29-11-14-32)25(37-26)31(12-4-3-5-13-31)22(33)10-15-38(35,36)21-9-7-18-16-20(27)8-6-19(18)17-21/h6-9,16-17,32H,3-5,10-15H2,1-2H3/p+1.